The molecular formula is C5H12N2O2. The summed E-state index contributed by atoms with van der Waals surface area (Å²) in [4.78, 5) is 6.66. The third kappa shape index (κ3) is 1.91. The molecule has 2 N–H and O–H groups in total. The van der Waals surface area contributed by atoms with Gasteiger partial charge in [-0.15, -0.1) is 0 Å². The maximum Gasteiger partial charge on any atom is 0.0794 e. The van der Waals surface area contributed by atoms with E-state index in [1.807, 2.05) is 4.90 Å². The van der Waals surface area contributed by atoms with Crippen molar-refractivity contribution in [3.63, 3.8) is 0 Å². The first-order valence-corrected chi connectivity index (χ1v) is 2.99. The molecule has 0 saturated carbocycles. The Morgan fingerprint density at radius 3 is 2.89 bits per heavy atom. The summed E-state index contributed by atoms with van der Waals surface area (Å²) in [5.41, 5.74) is 2.69. The average molecular weight is 132 g/mol. The molecule has 1 aliphatic rings. The van der Waals surface area contributed by atoms with E-state index in [4.69, 9.17) is 5.11 Å². The van der Waals surface area contributed by atoms with Crippen molar-refractivity contribution in [1.82, 2.24) is 10.4 Å². The van der Waals surface area contributed by atoms with E-state index in [0.717, 1.165) is 13.1 Å². The molecule has 0 aromatic heterocycles. The van der Waals surface area contributed by atoms with Crippen LogP contribution in [0.25, 0.3) is 0 Å². The van der Waals surface area contributed by atoms with Gasteiger partial charge in [-0.2, -0.15) is 5.48 Å². The van der Waals surface area contributed by atoms with Crippen LogP contribution in [0.15, 0.2) is 0 Å². The van der Waals surface area contributed by atoms with Crippen LogP contribution in [0, 0.1) is 0 Å². The van der Waals surface area contributed by atoms with Gasteiger partial charge in [0.25, 0.3) is 0 Å². The Labute approximate surface area is 54.4 Å². The SMILES string of the molecule is CONCN1CC(O)C1. The third-order valence-electron chi connectivity index (χ3n) is 1.37. The minimum atomic E-state index is -0.122. The topological polar surface area (TPSA) is 44.7 Å². The van der Waals surface area contributed by atoms with E-state index < -0.39 is 0 Å². The van der Waals surface area contributed by atoms with Gasteiger partial charge < -0.3 is 9.94 Å². The molecule has 0 unspecified atom stereocenters. The van der Waals surface area contributed by atoms with Crippen LogP contribution < -0.4 is 5.48 Å². The zero-order valence-electron chi connectivity index (χ0n) is 5.50. The number of rotatable bonds is 3. The second kappa shape index (κ2) is 3.12. The molecule has 0 bridgehead atoms. The van der Waals surface area contributed by atoms with E-state index in [-0.39, 0.29) is 6.10 Å². The van der Waals surface area contributed by atoms with Crippen LogP contribution in [-0.2, 0) is 4.84 Å². The molecule has 1 rings (SSSR count). The zero-order valence-corrected chi connectivity index (χ0v) is 5.50. The van der Waals surface area contributed by atoms with Gasteiger partial charge in [0.15, 0.2) is 0 Å². The molecule has 4 nitrogen and oxygen atoms in total. The lowest BCUT2D eigenvalue weighted by Gasteiger charge is -2.35. The molecular weight excluding hydrogens is 120 g/mol. The van der Waals surface area contributed by atoms with Gasteiger partial charge in [0.2, 0.25) is 0 Å². The molecule has 0 aromatic carbocycles. The van der Waals surface area contributed by atoms with Crippen molar-refractivity contribution in [2.45, 2.75) is 6.10 Å². The Bertz CT molecular complexity index is 83.0. The second-order valence-corrected chi connectivity index (χ2v) is 2.20. The fourth-order valence-corrected chi connectivity index (χ4v) is 0.828. The number of aliphatic hydroxyl groups excluding tert-OH is 1. The fourth-order valence-electron chi connectivity index (χ4n) is 0.828. The largest absolute Gasteiger partial charge is 0.390 e. The van der Waals surface area contributed by atoms with E-state index in [1.54, 1.807) is 7.11 Å². The predicted octanol–water partition coefficient (Wildman–Crippen LogP) is -1.23. The van der Waals surface area contributed by atoms with Crippen molar-refractivity contribution >= 4 is 0 Å². The van der Waals surface area contributed by atoms with Crippen molar-refractivity contribution in [2.75, 3.05) is 26.9 Å². The maximum absolute atomic E-state index is 8.81. The lowest BCUT2D eigenvalue weighted by Crippen LogP contribution is -2.53. The molecule has 0 atom stereocenters. The van der Waals surface area contributed by atoms with Crippen LogP contribution in [-0.4, -0.2) is 43.0 Å². The number of likely N-dealkylation sites (tertiary alicyclic amines) is 1. The van der Waals surface area contributed by atoms with Crippen molar-refractivity contribution in [1.29, 1.82) is 0 Å². The fraction of sp³-hybridized carbons (Fsp3) is 1.00. The highest BCUT2D eigenvalue weighted by Crippen LogP contribution is 2.03. The van der Waals surface area contributed by atoms with E-state index in [2.05, 4.69) is 10.3 Å². The lowest BCUT2D eigenvalue weighted by molar-refractivity contribution is -0.0387. The van der Waals surface area contributed by atoms with Crippen LogP contribution in [0.2, 0.25) is 0 Å². The minimum Gasteiger partial charge on any atom is -0.390 e. The Morgan fingerprint density at radius 1 is 1.78 bits per heavy atom. The van der Waals surface area contributed by atoms with E-state index in [1.165, 1.54) is 0 Å². The highest BCUT2D eigenvalue weighted by Gasteiger charge is 2.22. The van der Waals surface area contributed by atoms with E-state index in [9.17, 15) is 0 Å². The summed E-state index contributed by atoms with van der Waals surface area (Å²) in [5, 5.41) is 8.81. The Hall–Kier alpha value is -0.160. The molecule has 1 fully saturated rings. The van der Waals surface area contributed by atoms with Gasteiger partial charge in [0, 0.05) is 13.1 Å². The van der Waals surface area contributed by atoms with Gasteiger partial charge in [-0.3, -0.25) is 4.90 Å². The first kappa shape index (κ1) is 6.95. The average Bonchev–Trinajstić information content (AvgIpc) is 1.78. The smallest absolute Gasteiger partial charge is 0.0794 e. The van der Waals surface area contributed by atoms with Crippen LogP contribution in [0.1, 0.15) is 0 Å². The standard InChI is InChI=1S/C5H12N2O2/c1-9-6-4-7-2-5(8)3-7/h5-6,8H,2-4H2,1H3. The molecule has 54 valence electrons. The number of hydroxylamine groups is 1. The summed E-state index contributed by atoms with van der Waals surface area (Å²) in [6.07, 6.45) is -0.122. The molecule has 4 heteroatoms. The second-order valence-electron chi connectivity index (χ2n) is 2.20. The number of aliphatic hydroxyl groups is 1. The van der Waals surface area contributed by atoms with E-state index >= 15 is 0 Å². The predicted molar refractivity (Wildman–Crippen MR) is 32.6 cm³/mol. The summed E-state index contributed by atoms with van der Waals surface area (Å²) in [7, 11) is 1.58. The number of hydrogen-bond donors (Lipinski definition) is 2. The number of hydrogen-bond acceptors (Lipinski definition) is 4. The summed E-state index contributed by atoms with van der Waals surface area (Å²) >= 11 is 0. The first-order chi connectivity index (χ1) is 4.33. The normalized spacial score (nSPS) is 22.0. The Balaban J connectivity index is 1.91. The Kier molecular flexibility index (Phi) is 2.41. The molecule has 1 aliphatic heterocycles. The van der Waals surface area contributed by atoms with Gasteiger partial charge in [-0.05, 0) is 0 Å². The Morgan fingerprint density at radius 2 is 2.44 bits per heavy atom. The van der Waals surface area contributed by atoms with Crippen molar-refractivity contribution in [3.05, 3.63) is 0 Å². The van der Waals surface area contributed by atoms with Gasteiger partial charge in [0.05, 0.1) is 19.9 Å². The molecule has 1 heterocycles. The summed E-state index contributed by atoms with van der Waals surface area (Å²) in [5.74, 6) is 0. The van der Waals surface area contributed by atoms with Crippen LogP contribution in [0.5, 0.6) is 0 Å². The highest BCUT2D eigenvalue weighted by molar-refractivity contribution is 4.76. The first-order valence-electron chi connectivity index (χ1n) is 2.99. The molecule has 0 aromatic rings. The summed E-state index contributed by atoms with van der Waals surface area (Å²) < 4.78 is 0. The van der Waals surface area contributed by atoms with Crippen molar-refractivity contribution < 1.29 is 9.94 Å². The highest BCUT2D eigenvalue weighted by atomic mass is 16.6. The monoisotopic (exact) mass is 132 g/mol. The maximum atomic E-state index is 8.81. The van der Waals surface area contributed by atoms with Gasteiger partial charge in [-0.25, -0.2) is 0 Å². The van der Waals surface area contributed by atoms with Gasteiger partial charge >= 0.3 is 0 Å². The van der Waals surface area contributed by atoms with Crippen molar-refractivity contribution in [2.24, 2.45) is 0 Å². The zero-order chi connectivity index (χ0) is 6.69. The van der Waals surface area contributed by atoms with Crippen LogP contribution >= 0.6 is 0 Å². The summed E-state index contributed by atoms with van der Waals surface area (Å²) in [6, 6.07) is 0. The molecule has 0 amide bonds. The van der Waals surface area contributed by atoms with E-state index in [0.29, 0.717) is 6.67 Å². The number of β-amino-alcohol motifs (C(OH)–C–C–N with tert-alkyl or cyclic N) is 1. The van der Waals surface area contributed by atoms with Crippen molar-refractivity contribution in [3.8, 4) is 0 Å². The molecule has 1 saturated heterocycles. The quantitative estimate of drug-likeness (QED) is 0.472. The van der Waals surface area contributed by atoms with Crippen LogP contribution in [0.4, 0.5) is 0 Å². The van der Waals surface area contributed by atoms with Gasteiger partial charge in [-0.1, -0.05) is 0 Å². The third-order valence-corrected chi connectivity index (χ3v) is 1.37. The molecule has 0 aliphatic carbocycles. The molecule has 9 heavy (non-hydrogen) atoms. The minimum absolute atomic E-state index is 0.122. The number of nitrogens with one attached hydrogen (secondary N) is 1. The van der Waals surface area contributed by atoms with Gasteiger partial charge in [0.1, 0.15) is 0 Å². The number of nitrogens with zero attached hydrogens (tertiary/aromatic N) is 1. The lowest BCUT2D eigenvalue weighted by atomic mass is 10.2. The molecule has 0 radical (unpaired) electrons. The summed E-state index contributed by atoms with van der Waals surface area (Å²) in [6.45, 7) is 2.22. The molecule has 0 spiro atoms. The van der Waals surface area contributed by atoms with Crippen LogP contribution in [0.3, 0.4) is 0 Å².